The van der Waals surface area contributed by atoms with Crippen molar-refractivity contribution in [2.24, 2.45) is 10.8 Å². The molecule has 0 unspecified atom stereocenters. The van der Waals surface area contributed by atoms with Crippen LogP contribution in [0.25, 0.3) is 0 Å². The van der Waals surface area contributed by atoms with Crippen LogP contribution in [-0.4, -0.2) is 11.8 Å². The Kier molecular flexibility index (Phi) is 3.92. The van der Waals surface area contributed by atoms with Crippen molar-refractivity contribution in [1.82, 2.24) is 0 Å². The molecule has 1 aliphatic carbocycles. The molecule has 3 rings (SSSR count). The van der Waals surface area contributed by atoms with Crippen molar-refractivity contribution >= 4 is 27.7 Å². The van der Waals surface area contributed by atoms with E-state index in [0.717, 1.165) is 29.3 Å². The molecule has 1 saturated carbocycles. The van der Waals surface area contributed by atoms with Crippen LogP contribution >= 0.6 is 15.9 Å². The third-order valence-corrected chi connectivity index (χ3v) is 5.70. The molecular formula is C18H21BrO3. The molecule has 1 atom stereocenters. The summed E-state index contributed by atoms with van der Waals surface area (Å²) in [6.07, 6.45) is 3.73. The number of carbonyl (C=O) groups excluding carboxylic acids is 2. The van der Waals surface area contributed by atoms with E-state index < -0.39 is 16.9 Å². The maximum absolute atomic E-state index is 13.2. The van der Waals surface area contributed by atoms with E-state index in [9.17, 15) is 9.59 Å². The predicted molar refractivity (Wildman–Crippen MR) is 87.3 cm³/mol. The second kappa shape index (κ2) is 5.48. The number of ketones is 1. The summed E-state index contributed by atoms with van der Waals surface area (Å²) in [6.45, 7) is 3.82. The predicted octanol–water partition coefficient (Wildman–Crippen LogP) is 4.59. The van der Waals surface area contributed by atoms with E-state index in [2.05, 4.69) is 15.9 Å². The summed E-state index contributed by atoms with van der Waals surface area (Å²) in [5.74, 6) is -0.256. The quantitative estimate of drug-likeness (QED) is 0.540. The van der Waals surface area contributed by atoms with Crippen LogP contribution in [0.3, 0.4) is 0 Å². The molecule has 22 heavy (non-hydrogen) atoms. The average molecular weight is 365 g/mol. The molecule has 1 aliphatic heterocycles. The van der Waals surface area contributed by atoms with Crippen LogP contribution in [0.5, 0.6) is 0 Å². The van der Waals surface area contributed by atoms with Crippen molar-refractivity contribution in [2.45, 2.75) is 52.1 Å². The fourth-order valence-electron chi connectivity index (χ4n) is 3.90. The van der Waals surface area contributed by atoms with Crippen LogP contribution in [0, 0.1) is 10.8 Å². The van der Waals surface area contributed by atoms with Gasteiger partial charge in [-0.2, -0.15) is 0 Å². The normalized spacial score (nSPS) is 26.8. The van der Waals surface area contributed by atoms with Crippen LogP contribution in [0.2, 0.25) is 0 Å². The summed E-state index contributed by atoms with van der Waals surface area (Å²) in [5, 5.41) is 0. The van der Waals surface area contributed by atoms with E-state index in [-0.39, 0.29) is 11.8 Å². The molecule has 0 aromatic heterocycles. The lowest BCUT2D eigenvalue weighted by Gasteiger charge is -2.47. The first-order chi connectivity index (χ1) is 10.4. The van der Waals surface area contributed by atoms with Crippen LogP contribution in [0.15, 0.2) is 28.7 Å². The molecule has 2 fully saturated rings. The average Bonchev–Trinajstić information content (AvgIpc) is 2.52. The Labute approximate surface area is 139 Å². The number of hydrogen-bond acceptors (Lipinski definition) is 3. The van der Waals surface area contributed by atoms with Gasteiger partial charge in [0, 0.05) is 4.47 Å². The van der Waals surface area contributed by atoms with E-state index in [1.54, 1.807) is 0 Å². The van der Waals surface area contributed by atoms with Gasteiger partial charge in [-0.1, -0.05) is 47.3 Å². The molecule has 1 heterocycles. The van der Waals surface area contributed by atoms with Gasteiger partial charge < -0.3 is 4.74 Å². The molecule has 118 valence electrons. The number of benzene rings is 1. The maximum atomic E-state index is 13.2. The highest BCUT2D eigenvalue weighted by atomic mass is 79.9. The minimum atomic E-state index is -0.895. The fourth-order valence-corrected chi connectivity index (χ4v) is 4.17. The molecule has 3 nitrogen and oxygen atoms in total. The van der Waals surface area contributed by atoms with E-state index in [4.69, 9.17) is 4.74 Å². The van der Waals surface area contributed by atoms with Gasteiger partial charge in [-0.3, -0.25) is 9.59 Å². The van der Waals surface area contributed by atoms with Gasteiger partial charge in [0.2, 0.25) is 0 Å². The number of hydrogen-bond donors (Lipinski definition) is 0. The summed E-state index contributed by atoms with van der Waals surface area (Å²) in [6, 6.07) is 7.65. The second-order valence-electron chi connectivity index (χ2n) is 7.03. The van der Waals surface area contributed by atoms with Crippen molar-refractivity contribution in [3.05, 3.63) is 34.3 Å². The first-order valence-corrected chi connectivity index (χ1v) is 8.69. The molecule has 1 aromatic rings. The number of halogens is 1. The standard InChI is InChI=1S/C18H21BrO3/c1-17(2)14(12-6-8-13(19)9-7-12)22-16(21)18(15(17)20)10-4-3-5-11-18/h6-9,14H,3-5,10-11H2,1-2H3/t14-/m0/s1. The van der Waals surface area contributed by atoms with Crippen LogP contribution in [-0.2, 0) is 14.3 Å². The van der Waals surface area contributed by atoms with Crippen molar-refractivity contribution in [3.63, 3.8) is 0 Å². The summed E-state index contributed by atoms with van der Waals surface area (Å²) in [4.78, 5) is 25.8. The van der Waals surface area contributed by atoms with Gasteiger partial charge >= 0.3 is 5.97 Å². The smallest absolute Gasteiger partial charge is 0.320 e. The van der Waals surface area contributed by atoms with Gasteiger partial charge in [0.25, 0.3) is 0 Å². The highest BCUT2D eigenvalue weighted by Crippen LogP contribution is 2.53. The zero-order valence-electron chi connectivity index (χ0n) is 13.0. The van der Waals surface area contributed by atoms with Crippen LogP contribution < -0.4 is 0 Å². The highest BCUT2D eigenvalue weighted by molar-refractivity contribution is 9.10. The molecule has 0 N–H and O–H groups in total. The number of carbonyl (C=O) groups is 2. The Morgan fingerprint density at radius 1 is 1.05 bits per heavy atom. The highest BCUT2D eigenvalue weighted by Gasteiger charge is 2.60. The first-order valence-electron chi connectivity index (χ1n) is 7.89. The minimum absolute atomic E-state index is 0.0591. The summed E-state index contributed by atoms with van der Waals surface area (Å²) < 4.78 is 6.78. The molecule has 0 bridgehead atoms. The maximum Gasteiger partial charge on any atom is 0.320 e. The summed E-state index contributed by atoms with van der Waals surface area (Å²) in [7, 11) is 0. The lowest BCUT2D eigenvalue weighted by Crippen LogP contribution is -2.55. The number of rotatable bonds is 1. The second-order valence-corrected chi connectivity index (χ2v) is 7.95. The first kappa shape index (κ1) is 15.7. The number of ether oxygens (including phenoxy) is 1. The lowest BCUT2D eigenvalue weighted by molar-refractivity contribution is -0.192. The van der Waals surface area contributed by atoms with E-state index in [1.807, 2.05) is 38.1 Å². The number of Topliss-reactive ketones (excluding diaryl/α,β-unsaturated/α-hetero) is 1. The Bertz CT molecular complexity index is 597. The molecule has 1 aromatic carbocycles. The third-order valence-electron chi connectivity index (χ3n) is 5.17. The van der Waals surface area contributed by atoms with E-state index in [1.165, 1.54) is 0 Å². The van der Waals surface area contributed by atoms with Gasteiger partial charge in [-0.15, -0.1) is 0 Å². The monoisotopic (exact) mass is 364 g/mol. The SMILES string of the molecule is CC1(C)C(=O)C2(CCCCC2)C(=O)O[C@H]1c1ccc(Br)cc1. The summed E-state index contributed by atoms with van der Waals surface area (Å²) in [5.41, 5.74) is -0.715. The zero-order valence-corrected chi connectivity index (χ0v) is 14.6. The van der Waals surface area contributed by atoms with Gasteiger partial charge in [0.1, 0.15) is 11.5 Å². The number of esters is 1. The van der Waals surface area contributed by atoms with Gasteiger partial charge in [-0.05, 0) is 44.4 Å². The van der Waals surface area contributed by atoms with Gasteiger partial charge in [-0.25, -0.2) is 0 Å². The van der Waals surface area contributed by atoms with Crippen molar-refractivity contribution in [2.75, 3.05) is 0 Å². The molecule has 4 heteroatoms. The largest absolute Gasteiger partial charge is 0.456 e. The van der Waals surface area contributed by atoms with Gasteiger partial charge in [0.05, 0.1) is 5.41 Å². The molecule has 2 aliphatic rings. The van der Waals surface area contributed by atoms with E-state index >= 15 is 0 Å². The summed E-state index contributed by atoms with van der Waals surface area (Å²) >= 11 is 3.40. The molecule has 0 amide bonds. The van der Waals surface area contributed by atoms with E-state index in [0.29, 0.717) is 12.8 Å². The molecular weight excluding hydrogens is 344 g/mol. The topological polar surface area (TPSA) is 43.4 Å². The Morgan fingerprint density at radius 2 is 1.64 bits per heavy atom. The lowest BCUT2D eigenvalue weighted by atomic mass is 9.60. The molecule has 1 saturated heterocycles. The van der Waals surface area contributed by atoms with Crippen molar-refractivity contribution < 1.29 is 14.3 Å². The Hall–Kier alpha value is -1.16. The van der Waals surface area contributed by atoms with Crippen LogP contribution in [0.4, 0.5) is 0 Å². The number of cyclic esters (lactones) is 1. The Morgan fingerprint density at radius 3 is 2.23 bits per heavy atom. The molecule has 1 spiro atoms. The zero-order chi connectivity index (χ0) is 16.0. The van der Waals surface area contributed by atoms with Crippen molar-refractivity contribution in [3.8, 4) is 0 Å². The molecule has 0 radical (unpaired) electrons. The Balaban J connectivity index is 1.98. The fraction of sp³-hybridized carbons (Fsp3) is 0.556. The van der Waals surface area contributed by atoms with Crippen LogP contribution in [0.1, 0.15) is 57.6 Å². The minimum Gasteiger partial charge on any atom is -0.456 e. The third kappa shape index (κ3) is 2.32. The van der Waals surface area contributed by atoms with Crippen molar-refractivity contribution in [1.29, 1.82) is 0 Å². The van der Waals surface area contributed by atoms with Gasteiger partial charge in [0.15, 0.2) is 5.78 Å².